The van der Waals surface area contributed by atoms with Crippen molar-refractivity contribution in [3.63, 3.8) is 0 Å². The summed E-state index contributed by atoms with van der Waals surface area (Å²) >= 11 is 3.40. The van der Waals surface area contributed by atoms with Crippen molar-refractivity contribution in [3.05, 3.63) is 35.1 Å². The SMILES string of the molecule is CCOc1ccc(Oc2ncnc(NC)c2Br)cc1. The Balaban J connectivity index is 2.16. The molecule has 0 fully saturated rings. The fourth-order valence-electron chi connectivity index (χ4n) is 1.48. The lowest BCUT2D eigenvalue weighted by atomic mass is 10.3. The lowest BCUT2D eigenvalue weighted by Crippen LogP contribution is -1.97. The Morgan fingerprint density at radius 3 is 2.47 bits per heavy atom. The first-order chi connectivity index (χ1) is 9.24. The summed E-state index contributed by atoms with van der Waals surface area (Å²) in [6.07, 6.45) is 1.44. The summed E-state index contributed by atoms with van der Waals surface area (Å²) in [4.78, 5) is 8.16. The fraction of sp³-hybridized carbons (Fsp3) is 0.231. The van der Waals surface area contributed by atoms with Crippen molar-refractivity contribution in [2.24, 2.45) is 0 Å². The van der Waals surface area contributed by atoms with E-state index in [2.05, 4.69) is 31.2 Å². The summed E-state index contributed by atoms with van der Waals surface area (Å²) in [5.41, 5.74) is 0. The van der Waals surface area contributed by atoms with Crippen LogP contribution in [-0.4, -0.2) is 23.6 Å². The molecule has 19 heavy (non-hydrogen) atoms. The normalized spacial score (nSPS) is 10.1. The van der Waals surface area contributed by atoms with Gasteiger partial charge in [-0.1, -0.05) is 0 Å². The van der Waals surface area contributed by atoms with E-state index in [1.54, 1.807) is 7.05 Å². The van der Waals surface area contributed by atoms with Crippen LogP contribution in [0.15, 0.2) is 35.1 Å². The van der Waals surface area contributed by atoms with Gasteiger partial charge < -0.3 is 14.8 Å². The Bertz CT molecular complexity index is 546. The third-order valence-electron chi connectivity index (χ3n) is 2.34. The van der Waals surface area contributed by atoms with E-state index in [1.807, 2.05) is 31.2 Å². The van der Waals surface area contributed by atoms with E-state index in [4.69, 9.17) is 9.47 Å². The summed E-state index contributed by atoms with van der Waals surface area (Å²) < 4.78 is 11.7. The zero-order valence-electron chi connectivity index (χ0n) is 10.7. The summed E-state index contributed by atoms with van der Waals surface area (Å²) in [6, 6.07) is 7.37. The first-order valence-electron chi connectivity index (χ1n) is 5.83. The Morgan fingerprint density at radius 2 is 1.84 bits per heavy atom. The van der Waals surface area contributed by atoms with Crippen LogP contribution in [0.1, 0.15) is 6.92 Å². The van der Waals surface area contributed by atoms with Crippen LogP contribution >= 0.6 is 15.9 Å². The minimum Gasteiger partial charge on any atom is -0.494 e. The minimum absolute atomic E-state index is 0.462. The third-order valence-corrected chi connectivity index (χ3v) is 3.06. The number of ether oxygens (including phenoxy) is 2. The lowest BCUT2D eigenvalue weighted by molar-refractivity contribution is 0.339. The number of hydrogen-bond donors (Lipinski definition) is 1. The molecule has 1 aromatic heterocycles. The van der Waals surface area contributed by atoms with Gasteiger partial charge in [-0.05, 0) is 47.1 Å². The molecule has 6 heteroatoms. The van der Waals surface area contributed by atoms with Crippen LogP contribution in [-0.2, 0) is 0 Å². The predicted octanol–water partition coefficient (Wildman–Crippen LogP) is 3.47. The van der Waals surface area contributed by atoms with Gasteiger partial charge in [-0.3, -0.25) is 0 Å². The van der Waals surface area contributed by atoms with Gasteiger partial charge >= 0.3 is 0 Å². The van der Waals surface area contributed by atoms with Crippen molar-refractivity contribution in [1.82, 2.24) is 9.97 Å². The number of nitrogens with one attached hydrogen (secondary N) is 1. The largest absolute Gasteiger partial charge is 0.494 e. The maximum absolute atomic E-state index is 5.69. The predicted molar refractivity (Wildman–Crippen MR) is 77.0 cm³/mol. The number of halogens is 1. The van der Waals surface area contributed by atoms with Gasteiger partial charge in [0.15, 0.2) is 0 Å². The highest BCUT2D eigenvalue weighted by atomic mass is 79.9. The van der Waals surface area contributed by atoms with E-state index in [0.29, 0.717) is 28.5 Å². The summed E-state index contributed by atoms with van der Waals surface area (Å²) in [6.45, 7) is 2.59. The molecule has 1 heterocycles. The molecule has 100 valence electrons. The number of rotatable bonds is 5. The zero-order valence-corrected chi connectivity index (χ0v) is 12.3. The summed E-state index contributed by atoms with van der Waals surface area (Å²) in [7, 11) is 1.79. The van der Waals surface area contributed by atoms with Crippen LogP contribution in [0.3, 0.4) is 0 Å². The smallest absolute Gasteiger partial charge is 0.238 e. The molecule has 2 rings (SSSR count). The summed E-state index contributed by atoms with van der Waals surface area (Å²) in [5.74, 6) is 2.64. The summed E-state index contributed by atoms with van der Waals surface area (Å²) in [5, 5.41) is 2.95. The molecule has 0 unspecified atom stereocenters. The van der Waals surface area contributed by atoms with Crippen molar-refractivity contribution in [2.45, 2.75) is 6.92 Å². The minimum atomic E-state index is 0.462. The van der Waals surface area contributed by atoms with Gasteiger partial charge in [0.25, 0.3) is 0 Å². The maximum atomic E-state index is 5.69. The number of benzene rings is 1. The standard InChI is InChI=1S/C13H14BrN3O2/c1-3-18-9-4-6-10(7-5-9)19-13-11(14)12(15-2)16-8-17-13/h4-8H,3H2,1-2H3,(H,15,16,17). The Morgan fingerprint density at radius 1 is 1.16 bits per heavy atom. The van der Waals surface area contributed by atoms with E-state index in [-0.39, 0.29) is 0 Å². The second-order valence-electron chi connectivity index (χ2n) is 3.60. The Hall–Kier alpha value is -1.82. The molecule has 0 bridgehead atoms. The molecule has 0 radical (unpaired) electrons. The van der Waals surface area contributed by atoms with Crippen molar-refractivity contribution in [2.75, 3.05) is 19.0 Å². The van der Waals surface area contributed by atoms with Gasteiger partial charge in [-0.15, -0.1) is 0 Å². The van der Waals surface area contributed by atoms with Crippen molar-refractivity contribution >= 4 is 21.7 Å². The first-order valence-corrected chi connectivity index (χ1v) is 6.63. The van der Waals surface area contributed by atoms with E-state index in [1.165, 1.54) is 6.33 Å². The van der Waals surface area contributed by atoms with Gasteiger partial charge in [0, 0.05) is 7.05 Å². The maximum Gasteiger partial charge on any atom is 0.238 e. The van der Waals surface area contributed by atoms with Crippen LogP contribution in [0.2, 0.25) is 0 Å². The van der Waals surface area contributed by atoms with Crippen LogP contribution in [0.25, 0.3) is 0 Å². The molecular weight excluding hydrogens is 310 g/mol. The van der Waals surface area contributed by atoms with Crippen molar-refractivity contribution in [3.8, 4) is 17.4 Å². The monoisotopic (exact) mass is 323 g/mol. The van der Waals surface area contributed by atoms with Crippen molar-refractivity contribution < 1.29 is 9.47 Å². The average molecular weight is 324 g/mol. The van der Waals surface area contributed by atoms with Gasteiger partial charge in [0.05, 0.1) is 6.61 Å². The quantitative estimate of drug-likeness (QED) is 0.913. The van der Waals surface area contributed by atoms with E-state index in [0.717, 1.165) is 5.75 Å². The molecule has 1 aromatic carbocycles. The number of nitrogens with zero attached hydrogens (tertiary/aromatic N) is 2. The average Bonchev–Trinajstić information content (AvgIpc) is 2.43. The molecule has 0 spiro atoms. The number of aromatic nitrogens is 2. The van der Waals surface area contributed by atoms with E-state index in [9.17, 15) is 0 Å². The highest BCUT2D eigenvalue weighted by Gasteiger charge is 2.09. The van der Waals surface area contributed by atoms with Crippen LogP contribution in [0.5, 0.6) is 17.4 Å². The number of hydrogen-bond acceptors (Lipinski definition) is 5. The number of anilines is 1. The van der Waals surface area contributed by atoms with Gasteiger partial charge in [-0.2, -0.15) is 0 Å². The highest BCUT2D eigenvalue weighted by Crippen LogP contribution is 2.32. The Kier molecular flexibility index (Phi) is 4.57. The van der Waals surface area contributed by atoms with Crippen molar-refractivity contribution in [1.29, 1.82) is 0 Å². The molecule has 5 nitrogen and oxygen atoms in total. The Labute approximate surface area is 120 Å². The molecule has 2 aromatic rings. The molecule has 0 atom stereocenters. The topological polar surface area (TPSA) is 56.3 Å². The fourth-order valence-corrected chi connectivity index (χ4v) is 1.97. The van der Waals surface area contributed by atoms with Crippen LogP contribution < -0.4 is 14.8 Å². The molecular formula is C13H14BrN3O2. The van der Waals surface area contributed by atoms with Gasteiger partial charge in [-0.25, -0.2) is 9.97 Å². The molecule has 0 saturated heterocycles. The molecule has 0 aliphatic heterocycles. The van der Waals surface area contributed by atoms with E-state index < -0.39 is 0 Å². The second-order valence-corrected chi connectivity index (χ2v) is 4.39. The molecule has 0 saturated carbocycles. The van der Waals surface area contributed by atoms with Gasteiger partial charge in [0.1, 0.15) is 28.1 Å². The first kappa shape index (κ1) is 13.6. The third kappa shape index (κ3) is 3.35. The lowest BCUT2D eigenvalue weighted by Gasteiger charge is -2.09. The van der Waals surface area contributed by atoms with Crippen LogP contribution in [0, 0.1) is 0 Å². The second kappa shape index (κ2) is 6.38. The van der Waals surface area contributed by atoms with Crippen LogP contribution in [0.4, 0.5) is 5.82 Å². The van der Waals surface area contributed by atoms with Gasteiger partial charge in [0.2, 0.25) is 5.88 Å². The molecule has 0 aliphatic rings. The highest BCUT2D eigenvalue weighted by molar-refractivity contribution is 9.10. The molecule has 1 N–H and O–H groups in total. The molecule has 0 amide bonds. The molecule has 0 aliphatic carbocycles. The zero-order chi connectivity index (χ0) is 13.7. The van der Waals surface area contributed by atoms with E-state index >= 15 is 0 Å².